The summed E-state index contributed by atoms with van der Waals surface area (Å²) in [6.45, 7) is 3.67. The van der Waals surface area contributed by atoms with Crippen LogP contribution in [0.15, 0.2) is 0 Å². The Morgan fingerprint density at radius 3 is 2.50 bits per heavy atom. The second-order valence-corrected chi connectivity index (χ2v) is 5.23. The molecular formula is C12H21NO3. The molecule has 0 radical (unpaired) electrons. The average Bonchev–Trinajstić information content (AvgIpc) is 2.94. The average molecular weight is 227 g/mol. The van der Waals surface area contributed by atoms with Gasteiger partial charge in [-0.05, 0) is 32.4 Å². The van der Waals surface area contributed by atoms with Crippen LogP contribution in [0.25, 0.3) is 0 Å². The second-order valence-electron chi connectivity index (χ2n) is 5.23. The number of hydrogen-bond donors (Lipinski definition) is 1. The van der Waals surface area contributed by atoms with E-state index in [0.717, 1.165) is 32.4 Å². The molecule has 0 aromatic carbocycles. The lowest BCUT2D eigenvalue weighted by atomic mass is 9.86. The van der Waals surface area contributed by atoms with Crippen LogP contribution in [0.2, 0.25) is 0 Å². The summed E-state index contributed by atoms with van der Waals surface area (Å²) in [6, 6.07) is 0.245. The summed E-state index contributed by atoms with van der Waals surface area (Å²) in [5.74, 6) is -0.369. The molecule has 4 heteroatoms. The van der Waals surface area contributed by atoms with Crippen LogP contribution in [0.1, 0.15) is 32.1 Å². The Kier molecular flexibility index (Phi) is 2.92. The zero-order valence-electron chi connectivity index (χ0n) is 9.73. The summed E-state index contributed by atoms with van der Waals surface area (Å²) in [7, 11) is 0. The Bertz CT molecular complexity index is 247. The van der Waals surface area contributed by atoms with Crippen molar-refractivity contribution in [2.75, 3.05) is 26.3 Å². The van der Waals surface area contributed by atoms with Gasteiger partial charge in [-0.25, -0.2) is 0 Å². The van der Waals surface area contributed by atoms with Crippen LogP contribution in [0, 0.1) is 0 Å². The zero-order valence-corrected chi connectivity index (χ0v) is 9.73. The van der Waals surface area contributed by atoms with Crippen LogP contribution in [-0.2, 0) is 9.47 Å². The maximum Gasteiger partial charge on any atom is 0.170 e. The quantitative estimate of drug-likeness (QED) is 0.717. The highest BCUT2D eigenvalue weighted by atomic mass is 16.7. The van der Waals surface area contributed by atoms with E-state index in [0.29, 0.717) is 13.2 Å². The molecule has 2 heterocycles. The molecule has 1 spiro atoms. The van der Waals surface area contributed by atoms with E-state index in [-0.39, 0.29) is 17.9 Å². The third-order valence-electron chi connectivity index (χ3n) is 4.21. The smallest absolute Gasteiger partial charge is 0.170 e. The van der Waals surface area contributed by atoms with Crippen LogP contribution in [0.5, 0.6) is 0 Å². The van der Waals surface area contributed by atoms with Crippen molar-refractivity contribution in [1.82, 2.24) is 4.90 Å². The Morgan fingerprint density at radius 1 is 1.12 bits per heavy atom. The molecule has 3 aliphatic rings. The lowest BCUT2D eigenvalue weighted by Gasteiger charge is -2.42. The van der Waals surface area contributed by atoms with Gasteiger partial charge in [-0.15, -0.1) is 0 Å². The highest BCUT2D eigenvalue weighted by Gasteiger charge is 2.46. The molecule has 16 heavy (non-hydrogen) atoms. The number of hydrogen-bond acceptors (Lipinski definition) is 4. The fraction of sp³-hybridized carbons (Fsp3) is 1.00. The van der Waals surface area contributed by atoms with Crippen molar-refractivity contribution in [2.45, 2.75) is 50.0 Å². The van der Waals surface area contributed by atoms with Gasteiger partial charge in [0.15, 0.2) is 5.79 Å². The first kappa shape index (κ1) is 11.0. The second kappa shape index (κ2) is 4.26. The molecule has 0 aromatic heterocycles. The molecule has 2 saturated heterocycles. The van der Waals surface area contributed by atoms with Crippen LogP contribution >= 0.6 is 0 Å². The van der Waals surface area contributed by atoms with E-state index in [1.807, 2.05) is 0 Å². The van der Waals surface area contributed by atoms with Crippen molar-refractivity contribution in [1.29, 1.82) is 0 Å². The number of ether oxygens (including phenoxy) is 2. The molecule has 1 N–H and O–H groups in total. The van der Waals surface area contributed by atoms with Gasteiger partial charge in [0.05, 0.1) is 19.3 Å². The molecule has 0 bridgehead atoms. The third-order valence-corrected chi connectivity index (χ3v) is 4.21. The fourth-order valence-corrected chi connectivity index (χ4v) is 3.32. The fourth-order valence-electron chi connectivity index (χ4n) is 3.32. The lowest BCUT2D eigenvalue weighted by molar-refractivity contribution is -0.204. The number of rotatable bonds is 1. The van der Waals surface area contributed by atoms with Gasteiger partial charge in [-0.3, -0.25) is 4.90 Å². The molecule has 92 valence electrons. The van der Waals surface area contributed by atoms with Gasteiger partial charge >= 0.3 is 0 Å². The van der Waals surface area contributed by atoms with Crippen LogP contribution < -0.4 is 0 Å². The summed E-state index contributed by atoms with van der Waals surface area (Å²) < 4.78 is 11.5. The summed E-state index contributed by atoms with van der Waals surface area (Å²) in [4.78, 5) is 2.41. The van der Waals surface area contributed by atoms with Gasteiger partial charge in [-0.1, -0.05) is 0 Å². The molecule has 2 atom stereocenters. The summed E-state index contributed by atoms with van der Waals surface area (Å²) in [5.41, 5.74) is 0. The number of nitrogens with zero attached hydrogens (tertiary/aromatic N) is 1. The molecular weight excluding hydrogens is 206 g/mol. The van der Waals surface area contributed by atoms with Gasteiger partial charge in [0, 0.05) is 18.9 Å². The van der Waals surface area contributed by atoms with E-state index >= 15 is 0 Å². The van der Waals surface area contributed by atoms with E-state index in [1.165, 1.54) is 12.8 Å². The van der Waals surface area contributed by atoms with Crippen molar-refractivity contribution in [3.05, 3.63) is 0 Å². The van der Waals surface area contributed by atoms with Gasteiger partial charge in [0.25, 0.3) is 0 Å². The van der Waals surface area contributed by atoms with E-state index in [9.17, 15) is 5.11 Å². The Morgan fingerprint density at radius 2 is 1.81 bits per heavy atom. The summed E-state index contributed by atoms with van der Waals surface area (Å²) in [5, 5.41) is 10.1. The van der Waals surface area contributed by atoms with Crippen LogP contribution in [0.3, 0.4) is 0 Å². The van der Waals surface area contributed by atoms with E-state index in [1.54, 1.807) is 0 Å². The predicted octanol–water partition coefficient (Wildman–Crippen LogP) is 0.739. The van der Waals surface area contributed by atoms with Gasteiger partial charge < -0.3 is 14.6 Å². The van der Waals surface area contributed by atoms with Crippen molar-refractivity contribution in [2.24, 2.45) is 0 Å². The summed E-state index contributed by atoms with van der Waals surface area (Å²) in [6.07, 6.45) is 4.82. The molecule has 3 rings (SSSR count). The first-order chi connectivity index (χ1) is 7.79. The minimum absolute atomic E-state index is 0.198. The topological polar surface area (TPSA) is 41.9 Å². The minimum Gasteiger partial charge on any atom is -0.391 e. The number of aliphatic hydroxyl groups is 1. The van der Waals surface area contributed by atoms with E-state index < -0.39 is 0 Å². The molecule has 2 aliphatic heterocycles. The van der Waals surface area contributed by atoms with Crippen LogP contribution in [-0.4, -0.2) is 54.2 Å². The molecule has 0 unspecified atom stereocenters. The van der Waals surface area contributed by atoms with Crippen LogP contribution in [0.4, 0.5) is 0 Å². The minimum atomic E-state index is -0.369. The lowest BCUT2D eigenvalue weighted by Crippen LogP contribution is -2.52. The normalized spacial score (nSPS) is 39.6. The Hall–Kier alpha value is -0.160. The molecule has 3 fully saturated rings. The molecule has 1 saturated carbocycles. The third kappa shape index (κ3) is 1.88. The van der Waals surface area contributed by atoms with Gasteiger partial charge in [0.1, 0.15) is 0 Å². The number of likely N-dealkylation sites (tertiary alicyclic amines) is 1. The Balaban J connectivity index is 1.70. The predicted molar refractivity (Wildman–Crippen MR) is 59.1 cm³/mol. The highest BCUT2D eigenvalue weighted by Crippen LogP contribution is 2.38. The molecule has 4 nitrogen and oxygen atoms in total. The largest absolute Gasteiger partial charge is 0.391 e. The van der Waals surface area contributed by atoms with Gasteiger partial charge in [-0.2, -0.15) is 0 Å². The van der Waals surface area contributed by atoms with Crippen molar-refractivity contribution in [3.63, 3.8) is 0 Å². The molecule has 0 amide bonds. The van der Waals surface area contributed by atoms with Crippen molar-refractivity contribution < 1.29 is 14.6 Å². The summed E-state index contributed by atoms with van der Waals surface area (Å²) >= 11 is 0. The standard InChI is InChI=1S/C12H21NO3/c14-11-3-4-12(15-7-8-16-12)9-10(11)13-5-1-2-6-13/h10-11,14H,1-9H2/t10-,11+/m0/s1. The monoisotopic (exact) mass is 227 g/mol. The maximum atomic E-state index is 10.1. The van der Waals surface area contributed by atoms with E-state index in [4.69, 9.17) is 9.47 Å². The number of aliphatic hydroxyl groups excluding tert-OH is 1. The molecule has 0 aromatic rings. The highest BCUT2D eigenvalue weighted by molar-refractivity contribution is 4.94. The molecule has 1 aliphatic carbocycles. The van der Waals surface area contributed by atoms with E-state index in [2.05, 4.69) is 4.90 Å². The SMILES string of the molecule is O[C@@H]1CCC2(C[C@@H]1N1CCCC1)OCCO2. The maximum absolute atomic E-state index is 10.1. The first-order valence-corrected chi connectivity index (χ1v) is 6.49. The van der Waals surface area contributed by atoms with Gasteiger partial charge in [0.2, 0.25) is 0 Å². The zero-order chi connectivity index (χ0) is 11.0. The first-order valence-electron chi connectivity index (χ1n) is 6.49. The van der Waals surface area contributed by atoms with Crippen molar-refractivity contribution in [3.8, 4) is 0 Å². The van der Waals surface area contributed by atoms with Crippen molar-refractivity contribution >= 4 is 0 Å². The Labute approximate surface area is 96.5 Å².